The molecule has 0 spiro atoms. The molecule has 0 atom stereocenters. The van der Waals surface area contributed by atoms with Crippen LogP contribution >= 0.6 is 0 Å². The number of halogens is 1. The summed E-state index contributed by atoms with van der Waals surface area (Å²) in [4.78, 5) is 22.7. The van der Waals surface area contributed by atoms with Gasteiger partial charge in [-0.15, -0.1) is 0 Å². The maximum atomic E-state index is 13.7. The number of nitrogens with zero attached hydrogens (tertiary/aromatic N) is 4. The number of rotatable bonds is 7. The molecule has 2 aromatic heterocycles. The topological polar surface area (TPSA) is 102 Å². The molecule has 1 amide bonds. The number of aromatic nitrogens is 4. The molecule has 0 radical (unpaired) electrons. The Morgan fingerprint density at radius 1 is 1.08 bits per heavy atom. The van der Waals surface area contributed by atoms with Crippen molar-refractivity contribution in [3.63, 3.8) is 0 Å². The summed E-state index contributed by atoms with van der Waals surface area (Å²) in [5.74, 6) is -1.41. The van der Waals surface area contributed by atoms with E-state index in [1.165, 1.54) is 27.7 Å². The first-order chi connectivity index (χ1) is 12.5. The average molecular weight is 357 g/mol. The zero-order chi connectivity index (χ0) is 18.5. The minimum absolute atomic E-state index is 0.0802. The Balaban J connectivity index is 1.61. The van der Waals surface area contributed by atoms with Gasteiger partial charge in [-0.2, -0.15) is 10.2 Å². The van der Waals surface area contributed by atoms with Gasteiger partial charge < -0.3 is 10.4 Å². The van der Waals surface area contributed by atoms with Crippen LogP contribution in [0.1, 0.15) is 22.5 Å². The van der Waals surface area contributed by atoms with Crippen molar-refractivity contribution < 1.29 is 19.1 Å². The minimum atomic E-state index is -0.938. The van der Waals surface area contributed by atoms with E-state index in [0.717, 1.165) is 0 Å². The zero-order valence-electron chi connectivity index (χ0n) is 13.7. The molecule has 3 rings (SSSR count). The van der Waals surface area contributed by atoms with Crippen molar-refractivity contribution in [2.45, 2.75) is 19.5 Å². The molecule has 0 aliphatic carbocycles. The number of anilines is 1. The van der Waals surface area contributed by atoms with E-state index in [-0.39, 0.29) is 31.0 Å². The minimum Gasteiger partial charge on any atom is -0.481 e. The predicted octanol–water partition coefficient (Wildman–Crippen LogP) is 1.99. The van der Waals surface area contributed by atoms with Crippen molar-refractivity contribution in [3.8, 4) is 0 Å². The lowest BCUT2D eigenvalue weighted by molar-refractivity contribution is -0.137. The zero-order valence-corrected chi connectivity index (χ0v) is 13.7. The fourth-order valence-corrected chi connectivity index (χ4v) is 2.32. The molecule has 26 heavy (non-hydrogen) atoms. The van der Waals surface area contributed by atoms with E-state index >= 15 is 0 Å². The van der Waals surface area contributed by atoms with Crippen LogP contribution in [0.2, 0.25) is 0 Å². The maximum Gasteiger partial charge on any atom is 0.305 e. The number of amides is 1. The molecular weight excluding hydrogens is 341 g/mol. The Bertz CT molecular complexity index is 934. The number of aliphatic carboxylic acids is 1. The highest BCUT2D eigenvalue weighted by atomic mass is 19.1. The molecule has 0 bridgehead atoms. The number of carbonyl (C=O) groups excluding carboxylic acids is 1. The number of hydrogen-bond acceptors (Lipinski definition) is 4. The van der Waals surface area contributed by atoms with Gasteiger partial charge in [0.1, 0.15) is 5.82 Å². The van der Waals surface area contributed by atoms with Gasteiger partial charge in [0.25, 0.3) is 5.91 Å². The van der Waals surface area contributed by atoms with Gasteiger partial charge in [-0.25, -0.2) is 4.39 Å². The standard InChI is InChI=1S/C17H16FN5O3/c18-13-4-2-1-3-12(13)11-23-9-6-15(21-23)19-17(26)14-5-8-22(20-14)10-7-16(24)25/h1-6,8-9H,7,10-11H2,(H,24,25)(H,19,21,26). The van der Waals surface area contributed by atoms with E-state index < -0.39 is 11.9 Å². The third-order valence-corrected chi connectivity index (χ3v) is 3.60. The molecule has 0 aliphatic heterocycles. The summed E-state index contributed by atoms with van der Waals surface area (Å²) in [5.41, 5.74) is 0.643. The molecular formula is C17H16FN5O3. The van der Waals surface area contributed by atoms with Gasteiger partial charge in [-0.05, 0) is 12.1 Å². The smallest absolute Gasteiger partial charge is 0.305 e. The van der Waals surface area contributed by atoms with Crippen molar-refractivity contribution in [2.24, 2.45) is 0 Å². The monoisotopic (exact) mass is 357 g/mol. The highest BCUT2D eigenvalue weighted by Crippen LogP contribution is 2.11. The molecule has 0 aliphatic rings. The summed E-state index contributed by atoms with van der Waals surface area (Å²) < 4.78 is 16.6. The summed E-state index contributed by atoms with van der Waals surface area (Å²) in [6, 6.07) is 9.49. The van der Waals surface area contributed by atoms with Gasteiger partial charge in [-0.1, -0.05) is 18.2 Å². The Morgan fingerprint density at radius 2 is 1.85 bits per heavy atom. The van der Waals surface area contributed by atoms with Crippen LogP contribution in [0.3, 0.4) is 0 Å². The second-order valence-corrected chi connectivity index (χ2v) is 5.55. The van der Waals surface area contributed by atoms with Crippen LogP contribution in [-0.2, 0) is 17.9 Å². The van der Waals surface area contributed by atoms with Crippen LogP contribution in [0.25, 0.3) is 0 Å². The number of carboxylic acids is 1. The summed E-state index contributed by atoms with van der Waals surface area (Å²) in [7, 11) is 0. The van der Waals surface area contributed by atoms with Gasteiger partial charge >= 0.3 is 5.97 Å². The molecule has 3 aromatic rings. The molecule has 2 heterocycles. The molecule has 8 nitrogen and oxygen atoms in total. The van der Waals surface area contributed by atoms with E-state index in [1.54, 1.807) is 30.5 Å². The van der Waals surface area contributed by atoms with Gasteiger partial charge in [0.15, 0.2) is 11.5 Å². The number of aryl methyl sites for hydroxylation is 1. The molecule has 0 fully saturated rings. The summed E-state index contributed by atoms with van der Waals surface area (Å²) in [5, 5.41) is 19.5. The van der Waals surface area contributed by atoms with E-state index in [2.05, 4.69) is 15.5 Å². The molecule has 9 heteroatoms. The van der Waals surface area contributed by atoms with Crippen molar-refractivity contribution in [3.05, 3.63) is 65.9 Å². The molecule has 0 saturated carbocycles. The highest BCUT2D eigenvalue weighted by Gasteiger charge is 2.12. The van der Waals surface area contributed by atoms with Crippen LogP contribution in [0.15, 0.2) is 48.8 Å². The van der Waals surface area contributed by atoms with Crippen LogP contribution in [0, 0.1) is 5.82 Å². The summed E-state index contributed by atoms with van der Waals surface area (Å²) >= 11 is 0. The first kappa shape index (κ1) is 17.3. The van der Waals surface area contributed by atoms with Crippen LogP contribution < -0.4 is 5.32 Å². The molecule has 2 N–H and O–H groups in total. The maximum absolute atomic E-state index is 13.7. The first-order valence-electron chi connectivity index (χ1n) is 7.85. The van der Waals surface area contributed by atoms with Crippen LogP contribution in [0.5, 0.6) is 0 Å². The Morgan fingerprint density at radius 3 is 2.62 bits per heavy atom. The lowest BCUT2D eigenvalue weighted by atomic mass is 10.2. The lowest BCUT2D eigenvalue weighted by Crippen LogP contribution is -2.14. The van der Waals surface area contributed by atoms with Gasteiger partial charge in [-0.3, -0.25) is 19.0 Å². The highest BCUT2D eigenvalue weighted by molar-refractivity contribution is 6.02. The second kappa shape index (κ2) is 7.60. The van der Waals surface area contributed by atoms with Crippen molar-refractivity contribution in [2.75, 3.05) is 5.32 Å². The fraction of sp³-hybridized carbons (Fsp3) is 0.176. The molecule has 134 valence electrons. The number of benzene rings is 1. The molecule has 0 saturated heterocycles. The number of hydrogen-bond donors (Lipinski definition) is 2. The Kier molecular flexibility index (Phi) is 5.07. The van der Waals surface area contributed by atoms with E-state index in [0.29, 0.717) is 11.4 Å². The molecule has 1 aromatic carbocycles. The average Bonchev–Trinajstić information content (AvgIpc) is 3.24. The number of carbonyl (C=O) groups is 2. The first-order valence-corrected chi connectivity index (χ1v) is 7.85. The summed E-state index contributed by atoms with van der Waals surface area (Å²) in [6.45, 7) is 0.423. The van der Waals surface area contributed by atoms with E-state index in [4.69, 9.17) is 5.11 Å². The van der Waals surface area contributed by atoms with Gasteiger partial charge in [0.2, 0.25) is 0 Å². The second-order valence-electron chi connectivity index (χ2n) is 5.55. The summed E-state index contributed by atoms with van der Waals surface area (Å²) in [6.07, 6.45) is 3.09. The SMILES string of the molecule is O=C(O)CCn1ccc(C(=O)Nc2ccn(Cc3ccccc3F)n2)n1. The van der Waals surface area contributed by atoms with Crippen LogP contribution in [0.4, 0.5) is 10.2 Å². The van der Waals surface area contributed by atoms with Crippen LogP contribution in [-0.4, -0.2) is 36.5 Å². The van der Waals surface area contributed by atoms with Gasteiger partial charge in [0.05, 0.1) is 19.5 Å². The molecule has 0 unspecified atom stereocenters. The Hall–Kier alpha value is -3.49. The fourth-order valence-electron chi connectivity index (χ4n) is 2.32. The van der Waals surface area contributed by atoms with E-state index in [9.17, 15) is 14.0 Å². The Labute approximate surface area is 147 Å². The third-order valence-electron chi connectivity index (χ3n) is 3.60. The van der Waals surface area contributed by atoms with Crippen molar-refractivity contribution in [1.29, 1.82) is 0 Å². The predicted molar refractivity (Wildman–Crippen MR) is 90.2 cm³/mol. The lowest BCUT2D eigenvalue weighted by Gasteiger charge is -2.03. The quantitative estimate of drug-likeness (QED) is 0.673. The van der Waals surface area contributed by atoms with Gasteiger partial charge in [0, 0.05) is 24.0 Å². The largest absolute Gasteiger partial charge is 0.481 e. The van der Waals surface area contributed by atoms with E-state index in [1.807, 2.05) is 0 Å². The third kappa shape index (κ3) is 4.32. The van der Waals surface area contributed by atoms with Crippen molar-refractivity contribution >= 4 is 17.7 Å². The normalized spacial score (nSPS) is 10.7. The number of carboxylic acid groups (broad SMARTS) is 1. The number of nitrogens with one attached hydrogen (secondary N) is 1. The van der Waals surface area contributed by atoms with Crippen molar-refractivity contribution in [1.82, 2.24) is 19.6 Å².